The van der Waals surface area contributed by atoms with Gasteiger partial charge in [0, 0.05) is 12.0 Å². The van der Waals surface area contributed by atoms with Gasteiger partial charge in [-0.3, -0.25) is 29.2 Å². The van der Waals surface area contributed by atoms with Gasteiger partial charge in [0.05, 0.1) is 34.1 Å². The van der Waals surface area contributed by atoms with E-state index in [0.717, 1.165) is 5.56 Å². The molecule has 7 rings (SSSR count). The number of fused-ring (bicyclic) bond motifs is 9. The van der Waals surface area contributed by atoms with E-state index in [0.29, 0.717) is 16.6 Å². The van der Waals surface area contributed by atoms with Crippen LogP contribution in [0.3, 0.4) is 0 Å². The molecule has 35 heavy (non-hydrogen) atoms. The minimum Gasteiger partial charge on any atom is -0.363 e. The molecule has 0 radical (unpaired) electrons. The maximum atomic E-state index is 13.7. The summed E-state index contributed by atoms with van der Waals surface area (Å²) in [4.78, 5) is 46.8. The fraction of sp³-hybridized carbons (Fsp3) is 0.385. The Kier molecular flexibility index (Phi) is 3.73. The lowest BCUT2D eigenvalue weighted by Crippen LogP contribution is -2.61. The Hall–Kier alpha value is -3.40. The van der Waals surface area contributed by atoms with E-state index in [-0.39, 0.29) is 18.2 Å². The van der Waals surface area contributed by atoms with E-state index in [9.17, 15) is 19.5 Å². The van der Waals surface area contributed by atoms with Crippen LogP contribution in [0.4, 0.5) is 5.69 Å². The van der Waals surface area contributed by atoms with E-state index >= 15 is 0 Å². The fourth-order valence-electron chi connectivity index (χ4n) is 6.50. The summed E-state index contributed by atoms with van der Waals surface area (Å²) in [5.74, 6) is -2.56. The van der Waals surface area contributed by atoms with Crippen LogP contribution in [0.1, 0.15) is 49.4 Å². The molecule has 4 aliphatic heterocycles. The third-order valence-electron chi connectivity index (χ3n) is 8.41. The summed E-state index contributed by atoms with van der Waals surface area (Å²) in [6.07, 6.45) is -0.409. The largest absolute Gasteiger partial charge is 0.363 e. The summed E-state index contributed by atoms with van der Waals surface area (Å²) in [6.45, 7) is 5.04. The molecule has 0 aliphatic carbocycles. The number of ether oxygens (including phenoxy) is 1. The number of aromatic nitrogens is 2. The number of anilines is 1. The molecule has 178 valence electrons. The Morgan fingerprint density at radius 2 is 1.80 bits per heavy atom. The zero-order valence-electron chi connectivity index (χ0n) is 19.5. The summed E-state index contributed by atoms with van der Waals surface area (Å²) in [7, 11) is 0. The van der Waals surface area contributed by atoms with Crippen molar-refractivity contribution in [2.75, 3.05) is 4.90 Å². The Morgan fingerprint density at radius 3 is 2.60 bits per heavy atom. The Bertz CT molecular complexity index is 1550. The number of ketones is 1. The molecule has 2 aromatic carbocycles. The molecular formula is C26H24N4O5. The number of benzene rings is 2. The Balaban J connectivity index is 1.51. The highest BCUT2D eigenvalue weighted by Gasteiger charge is 2.73. The number of amides is 1. The first-order chi connectivity index (χ1) is 16.6. The van der Waals surface area contributed by atoms with Gasteiger partial charge in [0.2, 0.25) is 17.5 Å². The van der Waals surface area contributed by atoms with Crippen LogP contribution in [0.5, 0.6) is 0 Å². The van der Waals surface area contributed by atoms with Gasteiger partial charge >= 0.3 is 0 Å². The number of aliphatic hydroxyl groups is 1. The minimum absolute atomic E-state index is 0.0148. The average Bonchev–Trinajstić information content (AvgIpc) is 3.42. The summed E-state index contributed by atoms with van der Waals surface area (Å²) in [5, 5.41) is 15.9. The first-order valence-corrected chi connectivity index (χ1v) is 11.8. The second kappa shape index (κ2) is 6.23. The predicted octanol–water partition coefficient (Wildman–Crippen LogP) is 1.83. The third-order valence-corrected chi connectivity index (χ3v) is 8.41. The zero-order chi connectivity index (χ0) is 24.5. The van der Waals surface area contributed by atoms with Gasteiger partial charge in [-0.05, 0) is 39.0 Å². The van der Waals surface area contributed by atoms with Gasteiger partial charge < -0.3 is 9.84 Å². The molecule has 2 fully saturated rings. The van der Waals surface area contributed by atoms with Gasteiger partial charge in [-0.2, -0.15) is 0 Å². The highest BCUT2D eigenvalue weighted by molar-refractivity contribution is 6.03. The molecule has 3 aromatic rings. The first kappa shape index (κ1) is 20.9. The average molecular weight is 473 g/mol. The van der Waals surface area contributed by atoms with Crippen molar-refractivity contribution < 1.29 is 19.4 Å². The van der Waals surface area contributed by atoms with E-state index in [1.807, 2.05) is 24.3 Å². The van der Waals surface area contributed by atoms with Gasteiger partial charge in [-0.1, -0.05) is 30.3 Å². The molecule has 1 spiro atoms. The van der Waals surface area contributed by atoms with Crippen LogP contribution < -0.4 is 15.8 Å². The molecule has 0 saturated carbocycles. The number of para-hydroxylation sites is 2. The van der Waals surface area contributed by atoms with E-state index < -0.39 is 46.4 Å². The number of nitrogens with zero attached hydrogens (tertiary/aromatic N) is 3. The molecule has 2 N–H and O–H groups in total. The highest BCUT2D eigenvalue weighted by atomic mass is 16.7. The molecule has 0 unspecified atom stereocenters. The predicted molar refractivity (Wildman–Crippen MR) is 126 cm³/mol. The van der Waals surface area contributed by atoms with Crippen LogP contribution in [0.25, 0.3) is 10.9 Å². The van der Waals surface area contributed by atoms with Gasteiger partial charge in [-0.25, -0.2) is 4.98 Å². The van der Waals surface area contributed by atoms with Gasteiger partial charge in [-0.15, -0.1) is 0 Å². The molecule has 2 saturated heterocycles. The van der Waals surface area contributed by atoms with Crippen molar-refractivity contribution in [2.45, 2.75) is 56.8 Å². The molecule has 5 heterocycles. The van der Waals surface area contributed by atoms with Crippen molar-refractivity contribution >= 4 is 28.3 Å². The van der Waals surface area contributed by atoms with Crippen molar-refractivity contribution in [3.05, 3.63) is 70.3 Å². The summed E-state index contributed by atoms with van der Waals surface area (Å²) in [5.41, 5.74) is -1.09. The van der Waals surface area contributed by atoms with Crippen molar-refractivity contribution in [2.24, 2.45) is 5.41 Å². The summed E-state index contributed by atoms with van der Waals surface area (Å²) < 4.78 is 7.95. The lowest BCUT2D eigenvalue weighted by Gasteiger charge is -2.46. The van der Waals surface area contributed by atoms with Crippen LogP contribution >= 0.6 is 0 Å². The smallest absolute Gasteiger partial charge is 0.262 e. The first-order valence-electron chi connectivity index (χ1n) is 11.8. The lowest BCUT2D eigenvalue weighted by molar-refractivity contribution is -0.285. The third kappa shape index (κ3) is 2.20. The van der Waals surface area contributed by atoms with Crippen LogP contribution in [-0.4, -0.2) is 44.3 Å². The van der Waals surface area contributed by atoms with Gasteiger partial charge in [0.1, 0.15) is 11.8 Å². The number of hydrogen-bond acceptors (Lipinski definition) is 7. The normalized spacial score (nSPS) is 34.3. The van der Waals surface area contributed by atoms with Crippen molar-refractivity contribution in [1.82, 2.24) is 14.9 Å². The van der Waals surface area contributed by atoms with E-state index in [1.165, 1.54) is 4.57 Å². The molecule has 1 aromatic heterocycles. The summed E-state index contributed by atoms with van der Waals surface area (Å²) >= 11 is 0. The van der Waals surface area contributed by atoms with E-state index in [2.05, 4.69) is 10.3 Å². The number of carbonyl (C=O) groups is 2. The van der Waals surface area contributed by atoms with Crippen LogP contribution in [0.2, 0.25) is 0 Å². The lowest BCUT2D eigenvalue weighted by atomic mass is 9.72. The van der Waals surface area contributed by atoms with Crippen molar-refractivity contribution in [3.63, 3.8) is 0 Å². The van der Waals surface area contributed by atoms with Crippen molar-refractivity contribution in [3.8, 4) is 0 Å². The van der Waals surface area contributed by atoms with E-state index in [1.54, 1.807) is 49.9 Å². The second-order valence-corrected chi connectivity index (χ2v) is 10.5. The number of rotatable bonds is 0. The molecule has 9 nitrogen and oxygen atoms in total. The summed E-state index contributed by atoms with van der Waals surface area (Å²) in [6, 6.07) is 13.0. The maximum absolute atomic E-state index is 13.7. The second-order valence-electron chi connectivity index (χ2n) is 10.5. The number of hydrogen-bond donors (Lipinski definition) is 2. The minimum atomic E-state index is -2.01. The number of Topliss-reactive ketones (excluding diaryl/α,β-unsaturated/α-hetero) is 1. The number of carbonyl (C=O) groups excluding carboxylic acids is 2. The van der Waals surface area contributed by atoms with Crippen LogP contribution in [0.15, 0.2) is 53.3 Å². The van der Waals surface area contributed by atoms with Crippen molar-refractivity contribution in [1.29, 1.82) is 0 Å². The van der Waals surface area contributed by atoms with E-state index in [4.69, 9.17) is 4.74 Å². The maximum Gasteiger partial charge on any atom is 0.262 e. The van der Waals surface area contributed by atoms with Gasteiger partial charge in [0.25, 0.3) is 5.56 Å². The highest BCUT2D eigenvalue weighted by Crippen LogP contribution is 2.63. The number of nitrogens with one attached hydrogen (secondary N) is 1. The molecule has 5 atom stereocenters. The topological polar surface area (TPSA) is 114 Å². The monoisotopic (exact) mass is 472 g/mol. The SMILES string of the molecule is C[C@@H]1N[C@@H]2N(C1=O)c1ccccc1[C@@]21C[C@@H]2n3c(nc4ccccc4c3=O)C(=O)C(C)(C)[C@]2(O)O1. The van der Waals surface area contributed by atoms with Gasteiger partial charge in [0.15, 0.2) is 5.82 Å². The standard InChI is InChI=1S/C26H24N4O5/c1-13-21(32)29-17-11-7-5-9-15(17)25(23(29)27-13)12-18-26(34,35-25)24(2,3)19(31)20-28-16-10-6-4-8-14(16)22(33)30(18)20/h4-11,13,18,23,27,34H,12H2,1-3H3/t13-,18-,23+,25-,26+/m0/s1. The fourth-order valence-corrected chi connectivity index (χ4v) is 6.50. The molecular weight excluding hydrogens is 448 g/mol. The molecule has 9 heteroatoms. The molecule has 0 bridgehead atoms. The van der Waals surface area contributed by atoms with Crippen LogP contribution in [-0.2, 0) is 15.1 Å². The molecule has 1 amide bonds. The zero-order valence-corrected chi connectivity index (χ0v) is 19.5. The Labute approximate surface area is 200 Å². The Morgan fingerprint density at radius 1 is 1.09 bits per heavy atom. The molecule has 4 aliphatic rings. The quantitative estimate of drug-likeness (QED) is 0.513. The van der Waals surface area contributed by atoms with Crippen LogP contribution in [0, 0.1) is 5.41 Å².